The van der Waals surface area contributed by atoms with Gasteiger partial charge in [-0.25, -0.2) is 0 Å². The normalized spacial score (nSPS) is 26.8. The van der Waals surface area contributed by atoms with Gasteiger partial charge in [0.1, 0.15) is 12.4 Å². The molecule has 1 aliphatic carbocycles. The molecule has 2 aliphatic heterocycles. The molecule has 1 saturated heterocycles. The van der Waals surface area contributed by atoms with Crippen LogP contribution in [0.2, 0.25) is 0 Å². The minimum atomic E-state index is -0.0916. The number of amidine groups is 1. The Bertz CT molecular complexity index is 649. The van der Waals surface area contributed by atoms with Crippen LogP contribution in [0.5, 0.6) is 5.75 Å². The summed E-state index contributed by atoms with van der Waals surface area (Å²) in [6.07, 6.45) is 6.63. The topological polar surface area (TPSA) is 51.1 Å². The first-order valence-electron chi connectivity index (χ1n) is 9.46. The molecular formula is C20H26N2O3. The van der Waals surface area contributed by atoms with E-state index in [9.17, 15) is 4.79 Å². The summed E-state index contributed by atoms with van der Waals surface area (Å²) in [4.78, 5) is 17.7. The first kappa shape index (κ1) is 16.4. The second-order valence-electron chi connectivity index (χ2n) is 7.49. The summed E-state index contributed by atoms with van der Waals surface area (Å²) in [5.41, 5.74) is 1.43. The molecule has 134 valence electrons. The average Bonchev–Trinajstić information content (AvgIpc) is 3.03. The number of aliphatic imine (C=N–C) groups is 1. The van der Waals surface area contributed by atoms with Crippen LogP contribution in [0, 0.1) is 5.92 Å². The average molecular weight is 342 g/mol. The van der Waals surface area contributed by atoms with Crippen molar-refractivity contribution in [2.24, 2.45) is 10.9 Å². The van der Waals surface area contributed by atoms with Crippen molar-refractivity contribution in [3.63, 3.8) is 0 Å². The van der Waals surface area contributed by atoms with Gasteiger partial charge in [0.25, 0.3) is 11.9 Å². The Hall–Kier alpha value is -2.04. The largest absolute Gasteiger partial charge is 0.490 e. The van der Waals surface area contributed by atoms with Crippen molar-refractivity contribution >= 4 is 11.9 Å². The standard InChI is InChI=1S/C20H26N2O3/c1-14-11-22-12-18(25-20(22)21-19(14)23)13-24-17-9-7-16(8-10-17)15-5-3-2-4-6-15/h7-10,14-15,18H,2-6,11-13H2,1H3/t14-,18-/m0/s1. The molecule has 5 nitrogen and oxygen atoms in total. The molecule has 2 atom stereocenters. The third-order valence-electron chi connectivity index (χ3n) is 5.48. The number of nitrogens with zero attached hydrogens (tertiary/aromatic N) is 2. The van der Waals surface area contributed by atoms with Gasteiger partial charge in [-0.2, -0.15) is 4.99 Å². The molecule has 1 saturated carbocycles. The molecule has 0 unspecified atom stereocenters. The molecule has 0 bridgehead atoms. The molecule has 1 aromatic carbocycles. The van der Waals surface area contributed by atoms with Crippen molar-refractivity contribution in [3.05, 3.63) is 29.8 Å². The van der Waals surface area contributed by atoms with E-state index in [2.05, 4.69) is 29.3 Å². The van der Waals surface area contributed by atoms with Crippen LogP contribution in [0.4, 0.5) is 0 Å². The molecule has 2 heterocycles. The summed E-state index contributed by atoms with van der Waals surface area (Å²) in [5.74, 6) is 1.44. The number of rotatable bonds is 4. The van der Waals surface area contributed by atoms with E-state index >= 15 is 0 Å². The van der Waals surface area contributed by atoms with Gasteiger partial charge in [0.2, 0.25) is 0 Å². The summed E-state index contributed by atoms with van der Waals surface area (Å²) in [7, 11) is 0. The summed E-state index contributed by atoms with van der Waals surface area (Å²) in [6, 6.07) is 9.00. The molecule has 0 aromatic heterocycles. The Labute approximate surface area is 149 Å². The Kier molecular flexibility index (Phi) is 4.64. The molecule has 2 fully saturated rings. The zero-order chi connectivity index (χ0) is 17.2. The fourth-order valence-corrected chi connectivity index (χ4v) is 4.00. The smallest absolute Gasteiger partial charge is 0.295 e. The van der Waals surface area contributed by atoms with Crippen LogP contribution < -0.4 is 4.74 Å². The number of benzene rings is 1. The van der Waals surface area contributed by atoms with Gasteiger partial charge in [0, 0.05) is 6.54 Å². The first-order valence-corrected chi connectivity index (χ1v) is 9.46. The monoisotopic (exact) mass is 342 g/mol. The maximum atomic E-state index is 11.7. The Balaban J connectivity index is 1.30. The predicted molar refractivity (Wildman–Crippen MR) is 95.8 cm³/mol. The van der Waals surface area contributed by atoms with Crippen LogP contribution in [0.1, 0.15) is 50.5 Å². The highest BCUT2D eigenvalue weighted by Crippen LogP contribution is 2.33. The van der Waals surface area contributed by atoms with Crippen LogP contribution >= 0.6 is 0 Å². The molecule has 25 heavy (non-hydrogen) atoms. The van der Waals surface area contributed by atoms with Gasteiger partial charge in [0.05, 0.1) is 12.5 Å². The number of carbonyl (C=O) groups excluding carboxylic acids is 1. The molecule has 0 radical (unpaired) electrons. The molecule has 5 heteroatoms. The highest BCUT2D eigenvalue weighted by Gasteiger charge is 2.36. The van der Waals surface area contributed by atoms with E-state index in [1.165, 1.54) is 37.7 Å². The van der Waals surface area contributed by atoms with Crippen molar-refractivity contribution in [3.8, 4) is 5.75 Å². The fourth-order valence-electron chi connectivity index (χ4n) is 4.00. The zero-order valence-corrected chi connectivity index (χ0v) is 14.8. The minimum Gasteiger partial charge on any atom is -0.490 e. The molecule has 4 rings (SSSR count). The third-order valence-corrected chi connectivity index (χ3v) is 5.48. The Morgan fingerprint density at radius 1 is 1.16 bits per heavy atom. The fraction of sp³-hybridized carbons (Fsp3) is 0.600. The quantitative estimate of drug-likeness (QED) is 0.842. The summed E-state index contributed by atoms with van der Waals surface area (Å²) < 4.78 is 11.7. The van der Waals surface area contributed by atoms with Crippen molar-refractivity contribution in [1.82, 2.24) is 4.90 Å². The van der Waals surface area contributed by atoms with Crippen molar-refractivity contribution in [1.29, 1.82) is 0 Å². The van der Waals surface area contributed by atoms with Crippen LogP contribution in [0.15, 0.2) is 29.3 Å². The summed E-state index contributed by atoms with van der Waals surface area (Å²) in [6.45, 7) is 3.79. The number of amides is 1. The molecule has 1 aromatic rings. The van der Waals surface area contributed by atoms with E-state index < -0.39 is 0 Å². The van der Waals surface area contributed by atoms with Gasteiger partial charge in [-0.3, -0.25) is 4.79 Å². The SMILES string of the molecule is C[C@H]1CN2C[C@@H](COc3ccc(C4CCCCC4)cc3)OC2=NC1=O. The summed E-state index contributed by atoms with van der Waals surface area (Å²) in [5, 5.41) is 0. The van der Waals surface area contributed by atoms with E-state index in [1.54, 1.807) is 0 Å². The minimum absolute atomic E-state index is 0.0562. The lowest BCUT2D eigenvalue weighted by atomic mass is 9.84. The number of fused-ring (bicyclic) bond motifs is 1. The highest BCUT2D eigenvalue weighted by molar-refractivity contribution is 5.94. The van der Waals surface area contributed by atoms with E-state index in [-0.39, 0.29) is 17.9 Å². The van der Waals surface area contributed by atoms with Gasteiger partial charge in [-0.1, -0.05) is 38.3 Å². The second kappa shape index (κ2) is 7.06. The Morgan fingerprint density at radius 2 is 1.92 bits per heavy atom. The van der Waals surface area contributed by atoms with Crippen molar-refractivity contribution in [2.75, 3.05) is 19.7 Å². The summed E-state index contributed by atoms with van der Waals surface area (Å²) >= 11 is 0. The van der Waals surface area contributed by atoms with Gasteiger partial charge >= 0.3 is 0 Å². The van der Waals surface area contributed by atoms with Crippen molar-refractivity contribution < 1.29 is 14.3 Å². The molecule has 3 aliphatic rings. The molecule has 0 N–H and O–H groups in total. The second-order valence-corrected chi connectivity index (χ2v) is 7.49. The highest BCUT2D eigenvalue weighted by atomic mass is 16.6. The number of carbonyl (C=O) groups is 1. The van der Waals surface area contributed by atoms with E-state index in [1.807, 2.05) is 11.8 Å². The van der Waals surface area contributed by atoms with Gasteiger partial charge in [-0.05, 0) is 36.5 Å². The number of hydrogen-bond acceptors (Lipinski definition) is 4. The lowest BCUT2D eigenvalue weighted by Gasteiger charge is -2.22. The Morgan fingerprint density at radius 3 is 2.68 bits per heavy atom. The molecular weight excluding hydrogens is 316 g/mol. The predicted octanol–water partition coefficient (Wildman–Crippen LogP) is 3.35. The zero-order valence-electron chi connectivity index (χ0n) is 14.8. The van der Waals surface area contributed by atoms with Crippen LogP contribution in [-0.4, -0.2) is 42.6 Å². The lowest BCUT2D eigenvalue weighted by molar-refractivity contribution is -0.122. The van der Waals surface area contributed by atoms with E-state index in [0.29, 0.717) is 19.2 Å². The van der Waals surface area contributed by atoms with Crippen LogP contribution in [0.25, 0.3) is 0 Å². The van der Waals surface area contributed by atoms with E-state index in [0.717, 1.165) is 18.2 Å². The van der Waals surface area contributed by atoms with Gasteiger partial charge in [-0.15, -0.1) is 0 Å². The van der Waals surface area contributed by atoms with Crippen LogP contribution in [0.3, 0.4) is 0 Å². The maximum Gasteiger partial charge on any atom is 0.295 e. The lowest BCUT2D eigenvalue weighted by Crippen LogP contribution is -2.38. The van der Waals surface area contributed by atoms with Gasteiger partial charge in [0.15, 0.2) is 6.10 Å². The maximum absolute atomic E-state index is 11.7. The third kappa shape index (κ3) is 3.65. The molecule has 1 amide bonds. The van der Waals surface area contributed by atoms with Crippen molar-refractivity contribution in [2.45, 2.75) is 51.0 Å². The van der Waals surface area contributed by atoms with E-state index in [4.69, 9.17) is 9.47 Å². The van der Waals surface area contributed by atoms with Gasteiger partial charge < -0.3 is 14.4 Å². The number of hydrogen-bond donors (Lipinski definition) is 0. The number of ether oxygens (including phenoxy) is 2. The molecule has 0 spiro atoms. The van der Waals surface area contributed by atoms with Crippen LogP contribution in [-0.2, 0) is 9.53 Å². The first-order chi connectivity index (χ1) is 12.2.